The van der Waals surface area contributed by atoms with Gasteiger partial charge in [0.1, 0.15) is 0 Å². The van der Waals surface area contributed by atoms with E-state index in [2.05, 4.69) is 15.0 Å². The number of carbonyl (C=O) groups excluding carboxylic acids is 1. The summed E-state index contributed by atoms with van der Waals surface area (Å²) >= 11 is 0. The number of amides is 1. The molecule has 0 bridgehead atoms. The number of hydrogen-bond acceptors (Lipinski definition) is 3. The Morgan fingerprint density at radius 3 is 2.75 bits per heavy atom. The second-order valence-corrected chi connectivity index (χ2v) is 0.769. The van der Waals surface area contributed by atoms with Crippen molar-refractivity contribution in [3.63, 3.8) is 0 Å². The molecule has 8 heavy (non-hydrogen) atoms. The highest BCUT2D eigenvalue weighted by molar-refractivity contribution is 5.44. The van der Waals surface area contributed by atoms with E-state index >= 15 is 0 Å². The van der Waals surface area contributed by atoms with Crippen molar-refractivity contribution in [1.29, 1.82) is 0 Å². The Hall–Kier alpha value is -1.26. The second-order valence-electron chi connectivity index (χ2n) is 0.769. The van der Waals surface area contributed by atoms with Crippen LogP contribution in [0.4, 0.5) is 0 Å². The van der Waals surface area contributed by atoms with E-state index in [9.17, 15) is 4.79 Å². The average molecular weight is 116 g/mol. The summed E-state index contributed by atoms with van der Waals surface area (Å²) in [7, 11) is 1.21. The molecule has 0 aromatic heterocycles. The van der Waals surface area contributed by atoms with Gasteiger partial charge in [-0.1, -0.05) is 0 Å². The standard InChI is InChI=1S/C2H4N4O2/c1-8-6(2-7)5-4-3/h2H,1H3. The van der Waals surface area contributed by atoms with Crippen molar-refractivity contribution in [3.8, 4) is 0 Å². The fourth-order valence-electron chi connectivity index (χ4n) is 0.140. The Labute approximate surface area is 45.2 Å². The van der Waals surface area contributed by atoms with Gasteiger partial charge < -0.3 is 0 Å². The molecular weight excluding hydrogens is 112 g/mol. The van der Waals surface area contributed by atoms with Crippen LogP contribution >= 0.6 is 0 Å². The van der Waals surface area contributed by atoms with Gasteiger partial charge in [-0.15, -0.1) is 5.53 Å². The van der Waals surface area contributed by atoms with Crippen LogP contribution < -0.4 is 0 Å². The maximum absolute atomic E-state index is 9.66. The lowest BCUT2D eigenvalue weighted by Gasteiger charge is -1.94. The summed E-state index contributed by atoms with van der Waals surface area (Å²) in [6, 6.07) is 0. The van der Waals surface area contributed by atoms with Crippen LogP contribution in [0.15, 0.2) is 5.22 Å². The molecule has 0 aliphatic carbocycles. The van der Waals surface area contributed by atoms with Crippen LogP contribution in [-0.2, 0) is 9.63 Å². The van der Waals surface area contributed by atoms with Crippen molar-refractivity contribution < 1.29 is 9.63 Å². The first kappa shape index (κ1) is 6.74. The minimum Gasteiger partial charge on any atom is -0.247 e. The Morgan fingerprint density at radius 2 is 2.62 bits per heavy atom. The lowest BCUT2D eigenvalue weighted by Crippen LogP contribution is -2.10. The number of carbonyl (C=O) groups is 1. The van der Waals surface area contributed by atoms with Crippen LogP contribution in [0.2, 0.25) is 0 Å². The third-order valence-electron chi connectivity index (χ3n) is 0.405. The number of azide groups is 1. The molecule has 0 unspecified atom stereocenters. The number of hydrogen-bond donors (Lipinski definition) is 0. The maximum atomic E-state index is 9.66. The van der Waals surface area contributed by atoms with Crippen molar-refractivity contribution in [2.75, 3.05) is 7.11 Å². The van der Waals surface area contributed by atoms with Crippen LogP contribution in [0.1, 0.15) is 0 Å². The highest BCUT2D eigenvalue weighted by atomic mass is 16.7. The number of hydroxylamine groups is 1. The molecule has 6 heteroatoms. The van der Waals surface area contributed by atoms with Crippen molar-refractivity contribution in [2.45, 2.75) is 0 Å². The van der Waals surface area contributed by atoms with Crippen LogP contribution in [0.5, 0.6) is 0 Å². The van der Waals surface area contributed by atoms with Crippen LogP contribution in [0, 0.1) is 0 Å². The number of nitrogens with zero attached hydrogens (tertiary/aromatic N) is 4. The third-order valence-corrected chi connectivity index (χ3v) is 0.405. The molecule has 0 radical (unpaired) electrons. The van der Waals surface area contributed by atoms with E-state index in [0.717, 1.165) is 0 Å². The molecule has 0 aliphatic heterocycles. The molecule has 0 rings (SSSR count). The largest absolute Gasteiger partial charge is 0.331 e. The smallest absolute Gasteiger partial charge is 0.247 e. The highest BCUT2D eigenvalue weighted by Gasteiger charge is 1.94. The molecule has 1 amide bonds. The molecule has 44 valence electrons. The quantitative estimate of drug-likeness (QED) is 0.174. The summed E-state index contributed by atoms with van der Waals surface area (Å²) in [6.45, 7) is 0. The molecule has 0 aliphatic rings. The molecular formula is C2H4N4O2. The summed E-state index contributed by atoms with van der Waals surface area (Å²) < 4.78 is 0. The lowest BCUT2D eigenvalue weighted by atomic mass is 11.4. The summed E-state index contributed by atoms with van der Waals surface area (Å²) in [5, 5.41) is 3.24. The molecule has 0 aromatic rings. The highest BCUT2D eigenvalue weighted by Crippen LogP contribution is 1.80. The Bertz CT molecular complexity index is 117. The molecule has 0 spiro atoms. The normalized spacial score (nSPS) is 7.12. The summed E-state index contributed by atoms with van der Waals surface area (Å²) in [4.78, 5) is 16.1. The van der Waals surface area contributed by atoms with E-state index < -0.39 is 0 Å². The topological polar surface area (TPSA) is 78.3 Å². The molecule has 6 nitrogen and oxygen atoms in total. The predicted octanol–water partition coefficient (Wildman–Crippen LogP) is 0.231. The number of rotatable bonds is 3. The molecule has 0 heterocycles. The SMILES string of the molecule is CON(C=O)N=[N+]=[N-]. The van der Waals surface area contributed by atoms with E-state index in [1.54, 1.807) is 0 Å². The van der Waals surface area contributed by atoms with Gasteiger partial charge in [-0.25, -0.2) is 4.79 Å². The van der Waals surface area contributed by atoms with Crippen molar-refractivity contribution in [1.82, 2.24) is 5.17 Å². The van der Waals surface area contributed by atoms with Gasteiger partial charge in [-0.2, -0.15) is 9.75 Å². The first-order valence-corrected chi connectivity index (χ1v) is 1.68. The first-order chi connectivity index (χ1) is 3.85. The van der Waals surface area contributed by atoms with Gasteiger partial charge in [-0.05, 0) is 5.17 Å². The second kappa shape index (κ2) is 3.91. The fraction of sp³-hybridized carbons (Fsp3) is 0.500. The maximum Gasteiger partial charge on any atom is 0.331 e. The zero-order valence-corrected chi connectivity index (χ0v) is 4.18. The summed E-state index contributed by atoms with van der Waals surface area (Å²) in [6.07, 6.45) is 0.250. The minimum absolute atomic E-state index is 0.250. The van der Waals surface area contributed by atoms with Crippen LogP contribution in [0.25, 0.3) is 10.4 Å². The molecule has 0 fully saturated rings. The van der Waals surface area contributed by atoms with Gasteiger partial charge in [0.05, 0.1) is 7.11 Å². The zero-order chi connectivity index (χ0) is 6.41. The molecule has 0 atom stereocenters. The van der Waals surface area contributed by atoms with Gasteiger partial charge in [0.2, 0.25) is 0 Å². The first-order valence-electron chi connectivity index (χ1n) is 1.68. The van der Waals surface area contributed by atoms with Crippen LogP contribution in [-0.4, -0.2) is 18.7 Å². The third kappa shape index (κ3) is 2.01. The van der Waals surface area contributed by atoms with Gasteiger partial charge in [-0.3, -0.25) is 0 Å². The summed E-state index contributed by atoms with van der Waals surface area (Å²) in [5.41, 5.74) is 7.68. The van der Waals surface area contributed by atoms with E-state index in [0.29, 0.717) is 5.17 Å². The predicted molar refractivity (Wildman–Crippen MR) is 24.1 cm³/mol. The van der Waals surface area contributed by atoms with E-state index in [1.807, 2.05) is 0 Å². The van der Waals surface area contributed by atoms with Gasteiger partial charge in [0.15, 0.2) is 0 Å². The van der Waals surface area contributed by atoms with Crippen LogP contribution in [0.3, 0.4) is 0 Å². The van der Waals surface area contributed by atoms with E-state index in [-0.39, 0.29) is 6.41 Å². The van der Waals surface area contributed by atoms with Gasteiger partial charge >= 0.3 is 6.41 Å². The Morgan fingerprint density at radius 1 is 2.00 bits per heavy atom. The molecule has 0 saturated heterocycles. The van der Waals surface area contributed by atoms with Crippen molar-refractivity contribution in [3.05, 3.63) is 10.4 Å². The lowest BCUT2D eigenvalue weighted by molar-refractivity contribution is -0.161. The fourth-order valence-corrected chi connectivity index (χ4v) is 0.140. The molecule has 0 saturated carbocycles. The molecule has 0 aromatic carbocycles. The van der Waals surface area contributed by atoms with E-state index in [1.165, 1.54) is 7.11 Å². The Balaban J connectivity index is 3.69. The minimum atomic E-state index is 0.250. The van der Waals surface area contributed by atoms with Gasteiger partial charge in [0.25, 0.3) is 0 Å². The average Bonchev–Trinajstić information content (AvgIpc) is 1.83. The summed E-state index contributed by atoms with van der Waals surface area (Å²) in [5.74, 6) is 0. The zero-order valence-electron chi connectivity index (χ0n) is 4.18. The van der Waals surface area contributed by atoms with E-state index in [4.69, 9.17) is 5.53 Å². The monoisotopic (exact) mass is 116 g/mol. The molecule has 0 N–H and O–H groups in total. The van der Waals surface area contributed by atoms with Crippen molar-refractivity contribution in [2.24, 2.45) is 5.22 Å². The van der Waals surface area contributed by atoms with Crippen molar-refractivity contribution >= 4 is 6.41 Å². The van der Waals surface area contributed by atoms with Gasteiger partial charge in [0, 0.05) is 5.22 Å². The Kier molecular flexibility index (Phi) is 3.30.